The number of halogens is 1. The Morgan fingerprint density at radius 3 is 2.77 bits per heavy atom. The number of nitrogens with one attached hydrogen (secondary N) is 1. The highest BCUT2D eigenvalue weighted by Gasteiger charge is 2.05. The van der Waals surface area contributed by atoms with Crippen LogP contribution in [0.3, 0.4) is 0 Å². The molecule has 4 nitrogen and oxygen atoms in total. The highest BCUT2D eigenvalue weighted by atomic mass is 19.1. The number of hydrogen-bond acceptors (Lipinski definition) is 2. The zero-order valence-corrected chi connectivity index (χ0v) is 11.7. The third-order valence-corrected chi connectivity index (χ3v) is 3.37. The number of carbonyl (C=O) groups excluding carboxylic acids is 1. The van der Waals surface area contributed by atoms with Gasteiger partial charge in [-0.05, 0) is 41.8 Å². The van der Waals surface area contributed by atoms with Gasteiger partial charge in [0.1, 0.15) is 11.5 Å². The van der Waals surface area contributed by atoms with E-state index in [1.165, 1.54) is 18.2 Å². The van der Waals surface area contributed by atoms with Gasteiger partial charge in [-0.2, -0.15) is 0 Å². The Morgan fingerprint density at radius 2 is 2.05 bits per heavy atom. The van der Waals surface area contributed by atoms with Gasteiger partial charge in [0.2, 0.25) is 5.91 Å². The van der Waals surface area contributed by atoms with Crippen LogP contribution in [0.2, 0.25) is 0 Å². The molecule has 0 aliphatic rings. The van der Waals surface area contributed by atoms with Gasteiger partial charge in [-0.1, -0.05) is 12.1 Å². The second kappa shape index (κ2) is 5.81. The molecule has 5 heteroatoms. The van der Waals surface area contributed by atoms with Gasteiger partial charge in [0, 0.05) is 29.4 Å². The molecule has 1 aromatic carbocycles. The molecule has 0 saturated heterocycles. The highest BCUT2D eigenvalue weighted by molar-refractivity contribution is 5.94. The normalized spacial score (nSPS) is 11.3. The van der Waals surface area contributed by atoms with E-state index in [-0.39, 0.29) is 5.82 Å². The minimum absolute atomic E-state index is 0.248. The van der Waals surface area contributed by atoms with Crippen molar-refractivity contribution in [1.82, 2.24) is 9.97 Å². The molecule has 0 radical (unpaired) electrons. The molecule has 110 valence electrons. The topological polar surface area (TPSA) is 71.8 Å². The molecule has 0 aliphatic carbocycles. The van der Waals surface area contributed by atoms with Crippen molar-refractivity contribution in [1.29, 1.82) is 0 Å². The fraction of sp³-hybridized carbons (Fsp3) is 0.0588. The molecule has 1 amide bonds. The summed E-state index contributed by atoms with van der Waals surface area (Å²) in [6, 6.07) is 8.40. The Kier molecular flexibility index (Phi) is 3.70. The predicted octanol–water partition coefficient (Wildman–Crippen LogP) is 2.79. The third-order valence-electron chi connectivity index (χ3n) is 3.37. The number of H-pyrrole nitrogens is 1. The van der Waals surface area contributed by atoms with Crippen LogP contribution in [0.5, 0.6) is 0 Å². The van der Waals surface area contributed by atoms with E-state index in [1.807, 2.05) is 6.07 Å². The summed E-state index contributed by atoms with van der Waals surface area (Å²) in [5, 5.41) is 0.914. The molecule has 0 unspecified atom stereocenters. The van der Waals surface area contributed by atoms with Gasteiger partial charge in [-0.25, -0.2) is 9.37 Å². The van der Waals surface area contributed by atoms with Crippen LogP contribution in [0.15, 0.2) is 48.8 Å². The number of primary amides is 1. The molecule has 22 heavy (non-hydrogen) atoms. The van der Waals surface area contributed by atoms with Crippen LogP contribution in [-0.4, -0.2) is 15.9 Å². The van der Waals surface area contributed by atoms with Crippen molar-refractivity contribution in [2.24, 2.45) is 5.73 Å². The van der Waals surface area contributed by atoms with Crippen LogP contribution >= 0.6 is 0 Å². The smallest absolute Gasteiger partial charge is 0.241 e. The van der Waals surface area contributed by atoms with E-state index in [4.69, 9.17) is 5.73 Å². The van der Waals surface area contributed by atoms with Gasteiger partial charge in [-0.15, -0.1) is 0 Å². The number of fused-ring (bicyclic) bond motifs is 1. The molecule has 0 atom stereocenters. The number of hydrogen-bond donors (Lipinski definition) is 2. The van der Waals surface area contributed by atoms with E-state index in [0.29, 0.717) is 6.42 Å². The SMILES string of the molecule is NC(=O)/C=C/c1c[nH]c2ncc(Cc3ccc(F)cc3)cc12. The molecule has 0 spiro atoms. The van der Waals surface area contributed by atoms with Crippen molar-refractivity contribution in [3.8, 4) is 0 Å². The fourth-order valence-electron chi connectivity index (χ4n) is 2.31. The van der Waals surface area contributed by atoms with Crippen molar-refractivity contribution in [2.75, 3.05) is 0 Å². The highest BCUT2D eigenvalue weighted by Crippen LogP contribution is 2.20. The van der Waals surface area contributed by atoms with Crippen LogP contribution in [0, 0.1) is 5.82 Å². The summed E-state index contributed by atoms with van der Waals surface area (Å²) in [6.45, 7) is 0. The Hall–Kier alpha value is -2.95. The molecular weight excluding hydrogens is 281 g/mol. The number of amides is 1. The molecule has 2 heterocycles. The third kappa shape index (κ3) is 3.03. The van der Waals surface area contributed by atoms with Gasteiger partial charge in [0.25, 0.3) is 0 Å². The van der Waals surface area contributed by atoms with Crippen LogP contribution in [0.1, 0.15) is 16.7 Å². The van der Waals surface area contributed by atoms with Gasteiger partial charge in [0.15, 0.2) is 0 Å². The molecule has 3 rings (SSSR count). The van der Waals surface area contributed by atoms with E-state index in [1.54, 1.807) is 30.6 Å². The summed E-state index contributed by atoms with van der Waals surface area (Å²) in [5.74, 6) is -0.744. The minimum Gasteiger partial charge on any atom is -0.366 e. The van der Waals surface area contributed by atoms with Crippen LogP contribution in [0.4, 0.5) is 4.39 Å². The van der Waals surface area contributed by atoms with Crippen LogP contribution < -0.4 is 5.73 Å². The lowest BCUT2D eigenvalue weighted by molar-refractivity contribution is -0.113. The van der Waals surface area contributed by atoms with E-state index in [2.05, 4.69) is 9.97 Å². The molecule has 2 aromatic heterocycles. The van der Waals surface area contributed by atoms with E-state index in [0.717, 1.165) is 27.7 Å². The first kappa shape index (κ1) is 14.0. The van der Waals surface area contributed by atoms with Gasteiger partial charge >= 0.3 is 0 Å². The summed E-state index contributed by atoms with van der Waals surface area (Å²) in [7, 11) is 0. The number of aromatic nitrogens is 2. The van der Waals surface area contributed by atoms with Crippen molar-refractivity contribution in [3.05, 3.63) is 71.3 Å². The number of nitrogens with zero attached hydrogens (tertiary/aromatic N) is 1. The van der Waals surface area contributed by atoms with Crippen molar-refractivity contribution in [2.45, 2.75) is 6.42 Å². The van der Waals surface area contributed by atoms with E-state index in [9.17, 15) is 9.18 Å². The lowest BCUT2D eigenvalue weighted by Crippen LogP contribution is -2.04. The van der Waals surface area contributed by atoms with Crippen molar-refractivity contribution < 1.29 is 9.18 Å². The number of aromatic amines is 1. The number of rotatable bonds is 4. The van der Waals surface area contributed by atoms with Crippen molar-refractivity contribution >= 4 is 23.0 Å². The molecule has 0 fully saturated rings. The first-order valence-corrected chi connectivity index (χ1v) is 6.80. The van der Waals surface area contributed by atoms with Crippen LogP contribution in [0.25, 0.3) is 17.1 Å². The first-order chi connectivity index (χ1) is 10.6. The molecule has 0 bridgehead atoms. The molecule has 0 aliphatic heterocycles. The van der Waals surface area contributed by atoms with Gasteiger partial charge in [-0.3, -0.25) is 4.79 Å². The van der Waals surface area contributed by atoms with Crippen molar-refractivity contribution in [3.63, 3.8) is 0 Å². The maximum absolute atomic E-state index is 12.9. The molecule has 3 aromatic rings. The standard InChI is InChI=1S/C17H14FN3O/c18-14-4-1-11(2-5-14)7-12-8-15-13(3-6-16(19)22)10-21-17(15)20-9-12/h1-6,8-10H,7H2,(H2,19,22)(H,20,21)/b6-3+. The van der Waals surface area contributed by atoms with Gasteiger partial charge in [0.05, 0.1) is 0 Å². The summed E-state index contributed by atoms with van der Waals surface area (Å²) >= 11 is 0. The number of pyridine rings is 1. The summed E-state index contributed by atoms with van der Waals surface area (Å²) in [4.78, 5) is 18.3. The second-order valence-corrected chi connectivity index (χ2v) is 5.02. The second-order valence-electron chi connectivity index (χ2n) is 5.02. The first-order valence-electron chi connectivity index (χ1n) is 6.80. The Morgan fingerprint density at radius 1 is 1.27 bits per heavy atom. The molecule has 0 saturated carbocycles. The number of benzene rings is 1. The zero-order chi connectivity index (χ0) is 15.5. The fourth-order valence-corrected chi connectivity index (χ4v) is 2.31. The Labute approximate surface area is 126 Å². The van der Waals surface area contributed by atoms with Gasteiger partial charge < -0.3 is 10.7 Å². The van der Waals surface area contributed by atoms with E-state index >= 15 is 0 Å². The Balaban J connectivity index is 1.92. The number of nitrogens with two attached hydrogens (primary N) is 1. The van der Waals surface area contributed by atoms with Crippen LogP contribution in [-0.2, 0) is 11.2 Å². The molecular formula is C17H14FN3O. The quantitative estimate of drug-likeness (QED) is 0.726. The maximum atomic E-state index is 12.9. The predicted molar refractivity (Wildman–Crippen MR) is 83.5 cm³/mol. The average molecular weight is 295 g/mol. The lowest BCUT2D eigenvalue weighted by Gasteiger charge is -2.02. The van der Waals surface area contributed by atoms with E-state index < -0.39 is 5.91 Å². The Bertz CT molecular complexity index is 850. The average Bonchev–Trinajstić information content (AvgIpc) is 2.90. The number of carbonyl (C=O) groups is 1. The molecule has 3 N–H and O–H groups in total. The summed E-state index contributed by atoms with van der Waals surface area (Å²) < 4.78 is 12.9. The maximum Gasteiger partial charge on any atom is 0.241 e. The lowest BCUT2D eigenvalue weighted by atomic mass is 10.0. The minimum atomic E-state index is -0.496. The zero-order valence-electron chi connectivity index (χ0n) is 11.7. The largest absolute Gasteiger partial charge is 0.366 e. The summed E-state index contributed by atoms with van der Waals surface area (Å²) in [5.41, 5.74) is 8.72. The monoisotopic (exact) mass is 295 g/mol. The summed E-state index contributed by atoms with van der Waals surface area (Å²) in [6.07, 6.45) is 7.19.